The van der Waals surface area contributed by atoms with E-state index in [1.807, 2.05) is 0 Å². The number of halogens is 3. The van der Waals surface area contributed by atoms with Gasteiger partial charge in [-0.15, -0.1) is 0 Å². The van der Waals surface area contributed by atoms with Crippen molar-refractivity contribution < 1.29 is 26.9 Å². The zero-order valence-corrected chi connectivity index (χ0v) is 17.9. The second-order valence-electron chi connectivity index (χ2n) is 8.28. The van der Waals surface area contributed by atoms with Crippen LogP contribution in [0, 0.1) is 0 Å². The standard InChI is InChI=1S/C19H27F3N2O3S/c1-12(23-16(25)27-17(2,3)4)15(24-28(26)18(5,6)7)13-8-10-14(11-9-13)19(20,21)22/h8-12H,1-7H3,(H,23,25)/t12-,28+/m0/s1. The smallest absolute Gasteiger partial charge is 0.416 e. The maximum atomic E-state index is 12.8. The van der Waals surface area contributed by atoms with E-state index in [2.05, 4.69) is 9.71 Å². The molecule has 0 saturated heterocycles. The minimum absolute atomic E-state index is 0.202. The van der Waals surface area contributed by atoms with Crippen molar-refractivity contribution in [3.63, 3.8) is 0 Å². The Bertz CT molecular complexity index is 746. The van der Waals surface area contributed by atoms with Gasteiger partial charge in [0.25, 0.3) is 0 Å². The first-order valence-electron chi connectivity index (χ1n) is 8.68. The summed E-state index contributed by atoms with van der Waals surface area (Å²) in [7, 11) is -1.67. The van der Waals surface area contributed by atoms with Crippen LogP contribution in [0.1, 0.15) is 59.6 Å². The Labute approximate surface area is 166 Å². The lowest BCUT2D eigenvalue weighted by atomic mass is 10.0. The van der Waals surface area contributed by atoms with Crippen molar-refractivity contribution >= 4 is 22.8 Å². The zero-order chi connectivity index (χ0) is 21.9. The van der Waals surface area contributed by atoms with Crippen LogP contribution < -0.4 is 5.32 Å². The Morgan fingerprint density at radius 2 is 1.57 bits per heavy atom. The lowest BCUT2D eigenvalue weighted by Crippen LogP contribution is -2.42. The summed E-state index contributed by atoms with van der Waals surface area (Å²) in [5, 5.41) is 2.59. The van der Waals surface area contributed by atoms with Crippen molar-refractivity contribution in [1.82, 2.24) is 5.32 Å². The molecule has 28 heavy (non-hydrogen) atoms. The molecule has 0 radical (unpaired) electrons. The third-order valence-electron chi connectivity index (χ3n) is 3.36. The first kappa shape index (κ1) is 24.1. The third-order valence-corrected chi connectivity index (χ3v) is 4.77. The maximum Gasteiger partial charge on any atom is 0.416 e. The molecule has 0 aliphatic heterocycles. The van der Waals surface area contributed by atoms with Gasteiger partial charge < -0.3 is 10.1 Å². The van der Waals surface area contributed by atoms with Crippen LogP contribution in [-0.2, 0) is 21.9 Å². The van der Waals surface area contributed by atoms with Crippen molar-refractivity contribution in [1.29, 1.82) is 0 Å². The molecule has 0 aromatic heterocycles. The Kier molecular flexibility index (Phi) is 7.44. The Morgan fingerprint density at radius 3 is 1.96 bits per heavy atom. The molecule has 5 nitrogen and oxygen atoms in total. The molecule has 0 bridgehead atoms. The van der Waals surface area contributed by atoms with Crippen LogP contribution in [0.3, 0.4) is 0 Å². The summed E-state index contributed by atoms with van der Waals surface area (Å²) < 4.78 is 59.7. The highest BCUT2D eigenvalue weighted by Crippen LogP contribution is 2.29. The van der Waals surface area contributed by atoms with Gasteiger partial charge in [0.15, 0.2) is 0 Å². The number of amides is 1. The fraction of sp³-hybridized carbons (Fsp3) is 0.579. The van der Waals surface area contributed by atoms with E-state index in [0.717, 1.165) is 12.1 Å². The average Bonchev–Trinajstić information content (AvgIpc) is 2.48. The normalized spacial score (nSPS) is 15.7. The quantitative estimate of drug-likeness (QED) is 0.707. The Hall–Kier alpha value is -1.90. The van der Waals surface area contributed by atoms with Crippen LogP contribution in [-0.4, -0.2) is 32.4 Å². The summed E-state index contributed by atoms with van der Waals surface area (Å²) in [6, 6.07) is 3.59. The molecule has 0 aliphatic rings. The first-order chi connectivity index (χ1) is 12.5. The van der Waals surface area contributed by atoms with E-state index in [1.54, 1.807) is 48.5 Å². The Morgan fingerprint density at radius 1 is 1.07 bits per heavy atom. The number of carbonyl (C=O) groups is 1. The van der Waals surface area contributed by atoms with Crippen LogP contribution in [0.25, 0.3) is 0 Å². The number of rotatable bonds is 4. The molecule has 0 aliphatic carbocycles. The molecular weight excluding hydrogens is 393 g/mol. The number of alkyl halides is 3. The van der Waals surface area contributed by atoms with E-state index in [1.165, 1.54) is 12.1 Å². The number of ether oxygens (including phenoxy) is 1. The van der Waals surface area contributed by atoms with Gasteiger partial charge >= 0.3 is 12.3 Å². The second kappa shape index (κ2) is 8.63. The van der Waals surface area contributed by atoms with Crippen molar-refractivity contribution in [2.75, 3.05) is 0 Å². The van der Waals surface area contributed by atoms with E-state index in [-0.39, 0.29) is 5.71 Å². The van der Waals surface area contributed by atoms with Crippen molar-refractivity contribution in [3.8, 4) is 0 Å². The lowest BCUT2D eigenvalue weighted by molar-refractivity contribution is -0.137. The van der Waals surface area contributed by atoms with Crippen molar-refractivity contribution in [3.05, 3.63) is 35.4 Å². The SMILES string of the molecule is C[C@H](NC(=O)OC(C)(C)C)C(=N[S@](=O)C(C)(C)C)c1ccc(C(F)(F)F)cc1. The summed E-state index contributed by atoms with van der Waals surface area (Å²) in [6.07, 6.45) is -5.18. The molecule has 1 amide bonds. The largest absolute Gasteiger partial charge is 0.444 e. The number of hydrogen-bond donors (Lipinski definition) is 1. The van der Waals surface area contributed by atoms with Crippen LogP contribution in [0.5, 0.6) is 0 Å². The summed E-state index contributed by atoms with van der Waals surface area (Å²) in [5.41, 5.74) is -0.994. The number of hydrogen-bond acceptors (Lipinski definition) is 3. The minimum Gasteiger partial charge on any atom is -0.444 e. The molecule has 0 saturated carbocycles. The van der Waals surface area contributed by atoms with Crippen LogP contribution >= 0.6 is 0 Å². The molecule has 158 valence electrons. The van der Waals surface area contributed by atoms with E-state index in [4.69, 9.17) is 4.74 Å². The lowest BCUT2D eigenvalue weighted by Gasteiger charge is -2.23. The van der Waals surface area contributed by atoms with E-state index in [9.17, 15) is 22.2 Å². The van der Waals surface area contributed by atoms with Gasteiger partial charge in [-0.3, -0.25) is 0 Å². The Balaban J connectivity index is 3.25. The first-order valence-corrected chi connectivity index (χ1v) is 9.79. The van der Waals surface area contributed by atoms with Gasteiger partial charge in [-0.1, -0.05) is 12.1 Å². The molecular formula is C19H27F3N2O3S. The summed E-state index contributed by atoms with van der Waals surface area (Å²) >= 11 is 0. The fourth-order valence-corrected chi connectivity index (χ4v) is 2.71. The number of nitrogens with one attached hydrogen (secondary N) is 1. The third kappa shape index (κ3) is 7.61. The highest BCUT2D eigenvalue weighted by molar-refractivity contribution is 7.85. The molecule has 0 spiro atoms. The number of alkyl carbamates (subject to hydrolysis) is 1. The minimum atomic E-state index is -4.47. The summed E-state index contributed by atoms with van der Waals surface area (Å²) in [5.74, 6) is 0. The fourth-order valence-electron chi connectivity index (χ4n) is 1.99. The van der Waals surface area contributed by atoms with Gasteiger partial charge in [0, 0.05) is 0 Å². The van der Waals surface area contributed by atoms with Gasteiger partial charge in [0.1, 0.15) is 16.6 Å². The van der Waals surface area contributed by atoms with Gasteiger partial charge in [-0.25, -0.2) is 9.00 Å². The monoisotopic (exact) mass is 420 g/mol. The van der Waals surface area contributed by atoms with E-state index < -0.39 is 45.2 Å². The summed E-state index contributed by atoms with van der Waals surface area (Å²) in [6.45, 7) is 11.9. The number of carbonyl (C=O) groups excluding carboxylic acids is 1. The molecule has 0 heterocycles. The summed E-state index contributed by atoms with van der Waals surface area (Å²) in [4.78, 5) is 12.1. The highest BCUT2D eigenvalue weighted by Gasteiger charge is 2.31. The molecule has 1 rings (SSSR count). The maximum absolute atomic E-state index is 12.8. The van der Waals surface area contributed by atoms with Gasteiger partial charge in [-0.05, 0) is 66.2 Å². The highest BCUT2D eigenvalue weighted by atomic mass is 32.2. The van der Waals surface area contributed by atoms with Gasteiger partial charge in [-0.2, -0.15) is 17.6 Å². The zero-order valence-electron chi connectivity index (χ0n) is 17.1. The van der Waals surface area contributed by atoms with E-state index in [0.29, 0.717) is 5.56 Å². The molecule has 1 N–H and O–H groups in total. The van der Waals surface area contributed by atoms with Crippen molar-refractivity contribution in [2.24, 2.45) is 4.40 Å². The van der Waals surface area contributed by atoms with Crippen LogP contribution in [0.4, 0.5) is 18.0 Å². The molecule has 0 unspecified atom stereocenters. The molecule has 1 aromatic rings. The van der Waals surface area contributed by atoms with E-state index >= 15 is 0 Å². The molecule has 1 aromatic carbocycles. The number of nitrogens with zero attached hydrogens (tertiary/aromatic N) is 1. The predicted octanol–water partition coefficient (Wildman–Crippen LogP) is 4.87. The second-order valence-corrected chi connectivity index (χ2v) is 10.2. The number of benzene rings is 1. The predicted molar refractivity (Wildman–Crippen MR) is 105 cm³/mol. The molecule has 2 atom stereocenters. The van der Waals surface area contributed by atoms with Gasteiger partial charge in [0.2, 0.25) is 0 Å². The van der Waals surface area contributed by atoms with Crippen LogP contribution in [0.15, 0.2) is 28.7 Å². The molecule has 9 heteroatoms. The van der Waals surface area contributed by atoms with Crippen LogP contribution in [0.2, 0.25) is 0 Å². The topological polar surface area (TPSA) is 67.8 Å². The van der Waals surface area contributed by atoms with Crippen molar-refractivity contribution in [2.45, 2.75) is 71.0 Å². The molecule has 0 fully saturated rings. The van der Waals surface area contributed by atoms with Gasteiger partial charge in [0.05, 0.1) is 22.1 Å². The average molecular weight is 420 g/mol.